The molecule has 8 heteroatoms. The van der Waals surface area contributed by atoms with Crippen molar-refractivity contribution in [3.05, 3.63) is 35.4 Å². The van der Waals surface area contributed by atoms with Gasteiger partial charge in [0.2, 0.25) is 5.91 Å². The molecule has 0 aromatic heterocycles. The number of hydrogen-bond acceptors (Lipinski definition) is 3. The van der Waals surface area contributed by atoms with Crippen molar-refractivity contribution in [2.45, 2.75) is 43.8 Å². The minimum atomic E-state index is -4.38. The zero-order valence-electron chi connectivity index (χ0n) is 15.8. The molecule has 0 bridgehead atoms. The van der Waals surface area contributed by atoms with E-state index < -0.39 is 17.7 Å². The van der Waals surface area contributed by atoms with E-state index >= 15 is 0 Å². The van der Waals surface area contributed by atoms with Gasteiger partial charge in [0.1, 0.15) is 0 Å². The molecule has 0 radical (unpaired) electrons. The van der Waals surface area contributed by atoms with Crippen LogP contribution in [0.2, 0.25) is 0 Å². The number of likely N-dealkylation sites (N-methyl/N-ethyl adjacent to an activating group) is 1. The number of hydrogen-bond donors (Lipinski definition) is 1. The SMILES string of the molecule is CN(CC(=O)O)[C@@H]1CCCN(C(=O)[C@@H]2C[C@@H]2c2cccc(C(F)(F)F)c2)CC1. The summed E-state index contributed by atoms with van der Waals surface area (Å²) in [5.74, 6) is -1.27. The van der Waals surface area contributed by atoms with Crippen molar-refractivity contribution in [3.8, 4) is 0 Å². The van der Waals surface area contributed by atoms with Gasteiger partial charge in [-0.2, -0.15) is 13.2 Å². The van der Waals surface area contributed by atoms with Crippen LogP contribution in [0.4, 0.5) is 13.2 Å². The van der Waals surface area contributed by atoms with Gasteiger partial charge in [0.25, 0.3) is 0 Å². The fourth-order valence-electron chi connectivity index (χ4n) is 4.10. The van der Waals surface area contributed by atoms with Crippen LogP contribution < -0.4 is 0 Å². The molecule has 3 rings (SSSR count). The van der Waals surface area contributed by atoms with Crippen LogP contribution in [0.25, 0.3) is 0 Å². The molecule has 1 heterocycles. The smallest absolute Gasteiger partial charge is 0.416 e. The highest BCUT2D eigenvalue weighted by molar-refractivity contribution is 5.83. The maximum atomic E-state index is 12.9. The van der Waals surface area contributed by atoms with E-state index in [1.807, 2.05) is 0 Å². The van der Waals surface area contributed by atoms with E-state index in [1.165, 1.54) is 6.07 Å². The Morgan fingerprint density at radius 3 is 2.68 bits per heavy atom. The zero-order chi connectivity index (χ0) is 20.5. The molecule has 2 aliphatic rings. The molecule has 1 saturated carbocycles. The lowest BCUT2D eigenvalue weighted by Gasteiger charge is -2.25. The van der Waals surface area contributed by atoms with E-state index in [0.29, 0.717) is 31.5 Å². The van der Waals surface area contributed by atoms with Crippen molar-refractivity contribution in [1.82, 2.24) is 9.80 Å². The van der Waals surface area contributed by atoms with E-state index in [-0.39, 0.29) is 30.3 Å². The Bertz CT molecular complexity index is 738. The van der Waals surface area contributed by atoms with Gasteiger partial charge in [-0.05, 0) is 50.3 Å². The van der Waals surface area contributed by atoms with Crippen LogP contribution in [0.15, 0.2) is 24.3 Å². The molecule has 1 aromatic carbocycles. The standard InChI is InChI=1S/C20H25F3N2O3/c1-24(12-18(26)27)15-6-3-8-25(9-7-15)19(28)17-11-16(17)13-4-2-5-14(10-13)20(21,22)23/h2,4-5,10,15-17H,3,6-9,11-12H2,1H3,(H,26,27)/t15-,16-,17-/m1/s1. The summed E-state index contributed by atoms with van der Waals surface area (Å²) in [6.45, 7) is 1.14. The maximum Gasteiger partial charge on any atom is 0.416 e. The van der Waals surface area contributed by atoms with E-state index in [0.717, 1.165) is 25.0 Å². The fraction of sp³-hybridized carbons (Fsp3) is 0.600. The van der Waals surface area contributed by atoms with Crippen molar-refractivity contribution in [2.24, 2.45) is 5.92 Å². The molecule has 28 heavy (non-hydrogen) atoms. The molecule has 1 amide bonds. The first-order valence-corrected chi connectivity index (χ1v) is 9.55. The predicted octanol–water partition coefficient (Wildman–Crippen LogP) is 3.21. The first kappa shape index (κ1) is 20.6. The second kappa shape index (κ2) is 8.11. The van der Waals surface area contributed by atoms with E-state index in [4.69, 9.17) is 5.11 Å². The average Bonchev–Trinajstić information content (AvgIpc) is 3.43. The van der Waals surface area contributed by atoms with Crippen LogP contribution in [0.3, 0.4) is 0 Å². The predicted molar refractivity (Wildman–Crippen MR) is 96.8 cm³/mol. The summed E-state index contributed by atoms with van der Waals surface area (Å²) >= 11 is 0. The lowest BCUT2D eigenvalue weighted by atomic mass is 10.0. The molecule has 5 nitrogen and oxygen atoms in total. The van der Waals surface area contributed by atoms with Crippen molar-refractivity contribution >= 4 is 11.9 Å². The largest absolute Gasteiger partial charge is 0.480 e. The molecule has 0 spiro atoms. The summed E-state index contributed by atoms with van der Waals surface area (Å²) in [6.07, 6.45) is -1.47. The first-order valence-electron chi connectivity index (χ1n) is 9.55. The molecule has 1 aliphatic carbocycles. The third-order valence-corrected chi connectivity index (χ3v) is 5.77. The van der Waals surface area contributed by atoms with E-state index in [1.54, 1.807) is 22.9 Å². The van der Waals surface area contributed by atoms with Crippen LogP contribution in [-0.2, 0) is 15.8 Å². The molecule has 1 N–H and O–H groups in total. The lowest BCUT2D eigenvalue weighted by Crippen LogP contribution is -2.37. The summed E-state index contributed by atoms with van der Waals surface area (Å²) < 4.78 is 38.7. The molecule has 1 aliphatic heterocycles. The number of nitrogens with zero attached hydrogens (tertiary/aromatic N) is 2. The number of carbonyl (C=O) groups excluding carboxylic acids is 1. The zero-order valence-corrected chi connectivity index (χ0v) is 15.8. The van der Waals surface area contributed by atoms with Gasteiger partial charge in [0, 0.05) is 25.0 Å². The Kier molecular flexibility index (Phi) is 5.98. The topological polar surface area (TPSA) is 60.9 Å². The summed E-state index contributed by atoms with van der Waals surface area (Å²) in [5.41, 5.74) is -0.107. The molecular formula is C20H25F3N2O3. The molecule has 0 unspecified atom stereocenters. The average molecular weight is 398 g/mol. The Hall–Kier alpha value is -2.09. The van der Waals surface area contributed by atoms with Gasteiger partial charge in [0.15, 0.2) is 0 Å². The molecule has 2 fully saturated rings. The van der Waals surface area contributed by atoms with Gasteiger partial charge in [-0.3, -0.25) is 14.5 Å². The van der Waals surface area contributed by atoms with Gasteiger partial charge in [-0.1, -0.05) is 18.2 Å². The van der Waals surface area contributed by atoms with Crippen LogP contribution in [0, 0.1) is 5.92 Å². The van der Waals surface area contributed by atoms with Crippen molar-refractivity contribution in [3.63, 3.8) is 0 Å². The highest BCUT2D eigenvalue weighted by Crippen LogP contribution is 2.49. The minimum Gasteiger partial charge on any atom is -0.480 e. The van der Waals surface area contributed by atoms with Crippen LogP contribution in [0.1, 0.15) is 42.7 Å². The normalized spacial score (nSPS) is 25.5. The highest BCUT2D eigenvalue weighted by Gasteiger charge is 2.46. The molecular weight excluding hydrogens is 373 g/mol. The number of amides is 1. The number of carbonyl (C=O) groups is 2. The molecule has 154 valence electrons. The van der Waals surface area contributed by atoms with Gasteiger partial charge in [-0.25, -0.2) is 0 Å². The molecule has 3 atom stereocenters. The van der Waals surface area contributed by atoms with Gasteiger partial charge in [0.05, 0.1) is 12.1 Å². The lowest BCUT2D eigenvalue weighted by molar-refractivity contribution is -0.139. The van der Waals surface area contributed by atoms with Gasteiger partial charge >= 0.3 is 12.1 Å². The van der Waals surface area contributed by atoms with E-state index in [2.05, 4.69) is 0 Å². The number of carboxylic acids is 1. The number of halogens is 3. The quantitative estimate of drug-likeness (QED) is 0.828. The van der Waals surface area contributed by atoms with Crippen molar-refractivity contribution in [1.29, 1.82) is 0 Å². The highest BCUT2D eigenvalue weighted by atomic mass is 19.4. The number of likely N-dealkylation sites (tertiary alicyclic amines) is 1. The Morgan fingerprint density at radius 1 is 1.25 bits per heavy atom. The third-order valence-electron chi connectivity index (χ3n) is 5.77. The summed E-state index contributed by atoms with van der Waals surface area (Å²) in [6, 6.07) is 5.37. The van der Waals surface area contributed by atoms with Crippen LogP contribution in [0.5, 0.6) is 0 Å². The third kappa shape index (κ3) is 4.84. The number of benzene rings is 1. The number of rotatable bonds is 5. The Morgan fingerprint density at radius 2 is 2.00 bits per heavy atom. The van der Waals surface area contributed by atoms with Gasteiger partial charge in [-0.15, -0.1) is 0 Å². The Balaban J connectivity index is 1.58. The van der Waals surface area contributed by atoms with Crippen molar-refractivity contribution in [2.75, 3.05) is 26.7 Å². The van der Waals surface area contributed by atoms with Crippen LogP contribution >= 0.6 is 0 Å². The van der Waals surface area contributed by atoms with Crippen LogP contribution in [-0.4, -0.2) is 59.5 Å². The number of aliphatic carboxylic acids is 1. The first-order chi connectivity index (χ1) is 13.2. The summed E-state index contributed by atoms with van der Waals surface area (Å²) in [7, 11) is 1.78. The molecule has 1 saturated heterocycles. The second-order valence-electron chi connectivity index (χ2n) is 7.79. The number of alkyl halides is 3. The van der Waals surface area contributed by atoms with Gasteiger partial charge < -0.3 is 10.0 Å². The number of carboxylic acid groups (broad SMARTS) is 1. The van der Waals surface area contributed by atoms with Crippen molar-refractivity contribution < 1.29 is 27.9 Å². The fourth-order valence-corrected chi connectivity index (χ4v) is 4.10. The minimum absolute atomic E-state index is 0.00366. The van der Waals surface area contributed by atoms with E-state index in [9.17, 15) is 22.8 Å². The monoisotopic (exact) mass is 398 g/mol. The Labute approximate surface area is 162 Å². The second-order valence-corrected chi connectivity index (χ2v) is 7.79. The maximum absolute atomic E-state index is 12.9. The molecule has 1 aromatic rings. The summed E-state index contributed by atoms with van der Waals surface area (Å²) in [5, 5.41) is 8.94. The summed E-state index contributed by atoms with van der Waals surface area (Å²) in [4.78, 5) is 27.3.